The van der Waals surface area contributed by atoms with E-state index in [4.69, 9.17) is 5.73 Å². The van der Waals surface area contributed by atoms with Gasteiger partial charge in [-0.3, -0.25) is 10.1 Å². The lowest BCUT2D eigenvalue weighted by molar-refractivity contribution is -0.383. The van der Waals surface area contributed by atoms with Gasteiger partial charge in [-0.2, -0.15) is 0 Å². The molecule has 1 unspecified atom stereocenters. The molecule has 1 atom stereocenters. The number of aryl methyl sites for hydroxylation is 1. The highest BCUT2D eigenvalue weighted by atomic mass is 16.6. The smallest absolute Gasteiger partial charge is 0.292 e. The summed E-state index contributed by atoms with van der Waals surface area (Å²) in [5.74, 6) is 0. The van der Waals surface area contributed by atoms with Crippen LogP contribution >= 0.6 is 0 Å². The van der Waals surface area contributed by atoms with Gasteiger partial charge in [0.2, 0.25) is 0 Å². The Bertz CT molecular complexity index is 641. The summed E-state index contributed by atoms with van der Waals surface area (Å²) >= 11 is 0. The largest absolute Gasteiger partial charge is 0.393 e. The predicted octanol–water partition coefficient (Wildman–Crippen LogP) is 3.66. The summed E-state index contributed by atoms with van der Waals surface area (Å²) in [7, 11) is 0. The van der Waals surface area contributed by atoms with Crippen molar-refractivity contribution in [3.8, 4) is 0 Å². The third-order valence-corrected chi connectivity index (χ3v) is 3.26. The Kier molecular flexibility index (Phi) is 3.89. The number of benzene rings is 2. The lowest BCUT2D eigenvalue weighted by atomic mass is 10.0. The Morgan fingerprint density at radius 2 is 1.95 bits per heavy atom. The van der Waals surface area contributed by atoms with Gasteiger partial charge in [0, 0.05) is 17.8 Å². The van der Waals surface area contributed by atoms with Crippen LogP contribution in [0.2, 0.25) is 0 Å². The normalized spacial score (nSPS) is 11.9. The molecule has 0 radical (unpaired) electrons. The van der Waals surface area contributed by atoms with Gasteiger partial charge in [0.15, 0.2) is 0 Å². The second kappa shape index (κ2) is 5.61. The van der Waals surface area contributed by atoms with Crippen LogP contribution in [0, 0.1) is 17.0 Å². The van der Waals surface area contributed by atoms with Crippen molar-refractivity contribution in [2.45, 2.75) is 19.9 Å². The van der Waals surface area contributed by atoms with Crippen molar-refractivity contribution in [3.05, 3.63) is 63.7 Å². The number of nitrogen functional groups attached to an aromatic ring is 1. The molecule has 5 heteroatoms. The Hall–Kier alpha value is -2.56. The maximum Gasteiger partial charge on any atom is 0.292 e. The zero-order valence-corrected chi connectivity index (χ0v) is 11.5. The molecule has 2 rings (SSSR count). The number of anilines is 2. The van der Waals surface area contributed by atoms with Crippen molar-refractivity contribution >= 4 is 17.1 Å². The van der Waals surface area contributed by atoms with E-state index in [0.29, 0.717) is 0 Å². The molecule has 0 saturated heterocycles. The first-order valence-corrected chi connectivity index (χ1v) is 6.35. The minimum absolute atomic E-state index is 0.0703. The minimum Gasteiger partial charge on any atom is -0.393 e. The third-order valence-electron chi connectivity index (χ3n) is 3.26. The molecule has 2 aromatic rings. The standard InChI is InChI=1S/C15H17N3O2/c1-10-5-3-4-6-13(10)11(2)17-12-7-8-15(18(19)20)14(16)9-12/h3-9,11,17H,16H2,1-2H3. The highest BCUT2D eigenvalue weighted by Crippen LogP contribution is 2.27. The average Bonchev–Trinajstić information content (AvgIpc) is 2.38. The first kappa shape index (κ1) is 13.9. The summed E-state index contributed by atoms with van der Waals surface area (Å²) in [6.07, 6.45) is 0. The van der Waals surface area contributed by atoms with Crippen LogP contribution < -0.4 is 11.1 Å². The predicted molar refractivity (Wildman–Crippen MR) is 80.7 cm³/mol. The maximum atomic E-state index is 10.7. The monoisotopic (exact) mass is 271 g/mol. The van der Waals surface area contributed by atoms with Gasteiger partial charge >= 0.3 is 0 Å². The number of nitrogens with one attached hydrogen (secondary N) is 1. The number of hydrogen-bond donors (Lipinski definition) is 2. The molecule has 0 bridgehead atoms. The summed E-state index contributed by atoms with van der Waals surface area (Å²) in [4.78, 5) is 10.2. The molecule has 2 aromatic carbocycles. The highest BCUT2D eigenvalue weighted by molar-refractivity contribution is 5.66. The molecule has 0 aliphatic rings. The van der Waals surface area contributed by atoms with E-state index in [-0.39, 0.29) is 17.4 Å². The van der Waals surface area contributed by atoms with Gasteiger partial charge in [-0.25, -0.2) is 0 Å². The summed E-state index contributed by atoms with van der Waals surface area (Å²) in [6.45, 7) is 4.09. The van der Waals surface area contributed by atoms with E-state index in [0.717, 1.165) is 5.69 Å². The number of hydrogen-bond acceptors (Lipinski definition) is 4. The van der Waals surface area contributed by atoms with Crippen LogP contribution in [0.25, 0.3) is 0 Å². The molecule has 0 saturated carbocycles. The van der Waals surface area contributed by atoms with Gasteiger partial charge < -0.3 is 11.1 Å². The fraction of sp³-hybridized carbons (Fsp3) is 0.200. The van der Waals surface area contributed by atoms with Crippen molar-refractivity contribution in [3.63, 3.8) is 0 Å². The van der Waals surface area contributed by atoms with Crippen LogP contribution in [-0.2, 0) is 0 Å². The van der Waals surface area contributed by atoms with E-state index in [2.05, 4.69) is 24.4 Å². The molecular weight excluding hydrogens is 254 g/mol. The molecule has 0 amide bonds. The van der Waals surface area contributed by atoms with Gasteiger partial charge in [-0.05, 0) is 37.1 Å². The quantitative estimate of drug-likeness (QED) is 0.505. The second-order valence-electron chi connectivity index (χ2n) is 4.75. The van der Waals surface area contributed by atoms with Crippen molar-refractivity contribution in [2.24, 2.45) is 0 Å². The molecule has 0 heterocycles. The van der Waals surface area contributed by atoms with Crippen molar-refractivity contribution < 1.29 is 4.92 Å². The SMILES string of the molecule is Cc1ccccc1C(C)Nc1ccc([N+](=O)[O-])c(N)c1. The number of nitro groups is 1. The zero-order chi connectivity index (χ0) is 14.7. The number of rotatable bonds is 4. The van der Waals surface area contributed by atoms with E-state index in [1.807, 2.05) is 19.1 Å². The summed E-state index contributed by atoms with van der Waals surface area (Å²) < 4.78 is 0. The molecule has 0 aromatic heterocycles. The molecule has 0 fully saturated rings. The molecule has 104 valence electrons. The Morgan fingerprint density at radius 1 is 1.25 bits per heavy atom. The average molecular weight is 271 g/mol. The second-order valence-corrected chi connectivity index (χ2v) is 4.75. The Balaban J connectivity index is 2.20. The fourth-order valence-electron chi connectivity index (χ4n) is 2.21. The molecule has 20 heavy (non-hydrogen) atoms. The number of nitro benzene ring substituents is 1. The minimum atomic E-state index is -0.482. The summed E-state index contributed by atoms with van der Waals surface area (Å²) in [5.41, 5.74) is 8.93. The van der Waals surface area contributed by atoms with Gasteiger partial charge in [-0.1, -0.05) is 24.3 Å². The van der Waals surface area contributed by atoms with Gasteiger partial charge in [0.1, 0.15) is 5.69 Å². The summed E-state index contributed by atoms with van der Waals surface area (Å²) in [5, 5.41) is 14.0. The lowest BCUT2D eigenvalue weighted by Crippen LogP contribution is -2.08. The molecular formula is C15H17N3O2. The zero-order valence-electron chi connectivity index (χ0n) is 11.5. The van der Waals surface area contributed by atoms with Gasteiger partial charge in [0.25, 0.3) is 5.69 Å². The van der Waals surface area contributed by atoms with Crippen LogP contribution in [0.5, 0.6) is 0 Å². The number of nitrogens with zero attached hydrogens (tertiary/aromatic N) is 1. The third kappa shape index (κ3) is 2.88. The number of nitrogens with two attached hydrogens (primary N) is 1. The molecule has 5 nitrogen and oxygen atoms in total. The van der Waals surface area contributed by atoms with Crippen LogP contribution in [0.3, 0.4) is 0 Å². The fourth-order valence-corrected chi connectivity index (χ4v) is 2.21. The van der Waals surface area contributed by atoms with Crippen molar-refractivity contribution in [2.75, 3.05) is 11.1 Å². The van der Waals surface area contributed by atoms with E-state index >= 15 is 0 Å². The van der Waals surface area contributed by atoms with Gasteiger partial charge in [-0.15, -0.1) is 0 Å². The Morgan fingerprint density at radius 3 is 2.55 bits per heavy atom. The van der Waals surface area contributed by atoms with Gasteiger partial charge in [0.05, 0.1) is 4.92 Å². The molecule has 3 N–H and O–H groups in total. The van der Waals surface area contributed by atoms with Crippen LogP contribution in [0.4, 0.5) is 17.1 Å². The van der Waals surface area contributed by atoms with E-state index < -0.39 is 4.92 Å². The van der Waals surface area contributed by atoms with Crippen molar-refractivity contribution in [1.82, 2.24) is 0 Å². The Labute approximate surface area is 117 Å². The van der Waals surface area contributed by atoms with Crippen molar-refractivity contribution in [1.29, 1.82) is 0 Å². The first-order valence-electron chi connectivity index (χ1n) is 6.35. The van der Waals surface area contributed by atoms with E-state index in [1.165, 1.54) is 17.2 Å². The topological polar surface area (TPSA) is 81.2 Å². The highest BCUT2D eigenvalue weighted by Gasteiger charge is 2.13. The van der Waals surface area contributed by atoms with Crippen LogP contribution in [0.15, 0.2) is 42.5 Å². The lowest BCUT2D eigenvalue weighted by Gasteiger charge is -2.18. The molecule has 0 aliphatic carbocycles. The molecule has 0 spiro atoms. The summed E-state index contributed by atoms with van der Waals surface area (Å²) in [6, 6.07) is 12.9. The van der Waals surface area contributed by atoms with E-state index in [9.17, 15) is 10.1 Å². The van der Waals surface area contributed by atoms with E-state index in [1.54, 1.807) is 12.1 Å². The first-order chi connectivity index (χ1) is 9.49. The van der Waals surface area contributed by atoms with Crippen LogP contribution in [0.1, 0.15) is 24.1 Å². The molecule has 0 aliphatic heterocycles. The van der Waals surface area contributed by atoms with Crippen LogP contribution in [-0.4, -0.2) is 4.92 Å². The maximum absolute atomic E-state index is 10.7.